The van der Waals surface area contributed by atoms with Gasteiger partial charge in [0, 0.05) is 10.5 Å². The van der Waals surface area contributed by atoms with Crippen LogP contribution in [0.15, 0.2) is 22.7 Å². The van der Waals surface area contributed by atoms with Crippen LogP contribution in [0.3, 0.4) is 0 Å². The predicted molar refractivity (Wildman–Crippen MR) is 65.5 cm³/mol. The zero-order chi connectivity index (χ0) is 11.4. The number of benzene rings is 1. The summed E-state index contributed by atoms with van der Waals surface area (Å²) in [7, 11) is 0. The molecule has 1 aromatic rings. The van der Waals surface area contributed by atoms with E-state index in [2.05, 4.69) is 15.9 Å². The first-order valence-electron chi connectivity index (χ1n) is 4.96. The van der Waals surface area contributed by atoms with Crippen LogP contribution in [0.1, 0.15) is 23.7 Å². The number of aliphatic hydroxyl groups is 1. The van der Waals surface area contributed by atoms with Crippen LogP contribution in [-0.2, 0) is 0 Å². The molecule has 0 aliphatic rings. The molecule has 4 heteroatoms. The molecule has 2 unspecified atom stereocenters. The third kappa shape index (κ3) is 3.28. The molecule has 0 amide bonds. The molecule has 5 N–H and O–H groups in total. The van der Waals surface area contributed by atoms with E-state index in [1.54, 1.807) is 0 Å². The third-order valence-corrected chi connectivity index (χ3v) is 3.30. The largest absolute Gasteiger partial charge is 0.387 e. The summed E-state index contributed by atoms with van der Waals surface area (Å²) in [5.41, 5.74) is 13.2. The van der Waals surface area contributed by atoms with Gasteiger partial charge in [0.05, 0.1) is 6.10 Å². The average Bonchev–Trinajstić information content (AvgIpc) is 2.21. The molecule has 1 rings (SSSR count). The zero-order valence-electron chi connectivity index (χ0n) is 8.78. The van der Waals surface area contributed by atoms with Crippen molar-refractivity contribution in [3.63, 3.8) is 0 Å². The molecule has 0 fully saturated rings. The number of hydrogen-bond donors (Lipinski definition) is 3. The van der Waals surface area contributed by atoms with Gasteiger partial charge in [0.25, 0.3) is 0 Å². The van der Waals surface area contributed by atoms with Crippen molar-refractivity contribution in [2.24, 2.45) is 11.5 Å². The van der Waals surface area contributed by atoms with Crippen molar-refractivity contribution >= 4 is 15.9 Å². The second-order valence-electron chi connectivity index (χ2n) is 3.69. The summed E-state index contributed by atoms with van der Waals surface area (Å²) in [5.74, 6) is 0. The summed E-state index contributed by atoms with van der Waals surface area (Å²) in [6.45, 7) is 2.49. The van der Waals surface area contributed by atoms with Crippen LogP contribution in [0.5, 0.6) is 0 Å². The minimum absolute atomic E-state index is 0.301. The van der Waals surface area contributed by atoms with Crippen LogP contribution in [0, 0.1) is 6.92 Å². The Morgan fingerprint density at radius 3 is 2.67 bits per heavy atom. The van der Waals surface area contributed by atoms with Gasteiger partial charge >= 0.3 is 0 Å². The molecular weight excluding hydrogens is 256 g/mol. The molecule has 0 saturated carbocycles. The molecule has 15 heavy (non-hydrogen) atoms. The molecule has 84 valence electrons. The lowest BCUT2D eigenvalue weighted by molar-refractivity contribution is 0.143. The molecule has 0 bridgehead atoms. The number of nitrogens with two attached hydrogens (primary N) is 2. The standard InChI is InChI=1S/C11H17BrN2O/c1-7-2-3-8(6-9(7)12)11(15)10(14)4-5-13/h2-3,6,10-11,15H,4-5,13-14H2,1H3. The molecule has 3 nitrogen and oxygen atoms in total. The SMILES string of the molecule is Cc1ccc(C(O)C(N)CCN)cc1Br. The van der Waals surface area contributed by atoms with Crippen molar-refractivity contribution in [3.8, 4) is 0 Å². The lowest BCUT2D eigenvalue weighted by Crippen LogP contribution is -2.30. The highest BCUT2D eigenvalue weighted by molar-refractivity contribution is 9.10. The Bertz CT molecular complexity index is 330. The van der Waals surface area contributed by atoms with Gasteiger partial charge in [-0.1, -0.05) is 28.1 Å². The van der Waals surface area contributed by atoms with Crippen molar-refractivity contribution < 1.29 is 5.11 Å². The fourth-order valence-electron chi connectivity index (χ4n) is 1.39. The van der Waals surface area contributed by atoms with E-state index in [0.29, 0.717) is 13.0 Å². The van der Waals surface area contributed by atoms with Crippen molar-refractivity contribution in [2.75, 3.05) is 6.54 Å². The van der Waals surface area contributed by atoms with Gasteiger partial charge < -0.3 is 16.6 Å². The van der Waals surface area contributed by atoms with Gasteiger partial charge in [-0.15, -0.1) is 0 Å². The van der Waals surface area contributed by atoms with Crippen molar-refractivity contribution in [3.05, 3.63) is 33.8 Å². The molecule has 0 aromatic heterocycles. The molecule has 0 spiro atoms. The molecule has 0 aliphatic heterocycles. The Morgan fingerprint density at radius 2 is 2.13 bits per heavy atom. The monoisotopic (exact) mass is 272 g/mol. The number of halogens is 1. The van der Waals surface area contributed by atoms with E-state index in [1.165, 1.54) is 0 Å². The molecular formula is C11H17BrN2O. The maximum atomic E-state index is 9.93. The quantitative estimate of drug-likeness (QED) is 0.777. The Balaban J connectivity index is 2.81. The van der Waals surface area contributed by atoms with Crippen molar-refractivity contribution in [1.29, 1.82) is 0 Å². The van der Waals surface area contributed by atoms with Crippen LogP contribution in [0.4, 0.5) is 0 Å². The van der Waals surface area contributed by atoms with E-state index in [1.807, 2.05) is 25.1 Å². The van der Waals surface area contributed by atoms with Gasteiger partial charge in [-0.25, -0.2) is 0 Å². The van der Waals surface area contributed by atoms with Crippen LogP contribution >= 0.6 is 15.9 Å². The summed E-state index contributed by atoms with van der Waals surface area (Å²) >= 11 is 3.43. The van der Waals surface area contributed by atoms with Gasteiger partial charge in [-0.3, -0.25) is 0 Å². The van der Waals surface area contributed by atoms with E-state index in [0.717, 1.165) is 15.6 Å². The zero-order valence-corrected chi connectivity index (χ0v) is 10.4. The first kappa shape index (κ1) is 12.6. The van der Waals surface area contributed by atoms with Gasteiger partial charge in [0.2, 0.25) is 0 Å². The lowest BCUT2D eigenvalue weighted by atomic mass is 10.00. The minimum Gasteiger partial charge on any atom is -0.387 e. The Labute approximate surface area is 98.6 Å². The summed E-state index contributed by atoms with van der Waals surface area (Å²) in [4.78, 5) is 0. The normalized spacial score (nSPS) is 15.0. The highest BCUT2D eigenvalue weighted by Gasteiger charge is 2.16. The predicted octanol–water partition coefficient (Wildman–Crippen LogP) is 1.47. The maximum Gasteiger partial charge on any atom is 0.0941 e. The van der Waals surface area contributed by atoms with Crippen LogP contribution in [0.25, 0.3) is 0 Å². The Hall–Kier alpha value is -0.420. The van der Waals surface area contributed by atoms with Gasteiger partial charge in [-0.05, 0) is 37.1 Å². The molecule has 0 heterocycles. The van der Waals surface area contributed by atoms with Gasteiger partial charge in [0.1, 0.15) is 0 Å². The molecule has 0 saturated heterocycles. The summed E-state index contributed by atoms with van der Waals surface area (Å²) in [6, 6.07) is 5.44. The van der Waals surface area contributed by atoms with Gasteiger partial charge in [-0.2, -0.15) is 0 Å². The lowest BCUT2D eigenvalue weighted by Gasteiger charge is -2.19. The van der Waals surface area contributed by atoms with Gasteiger partial charge in [0.15, 0.2) is 0 Å². The van der Waals surface area contributed by atoms with Crippen molar-refractivity contribution in [1.82, 2.24) is 0 Å². The number of aliphatic hydroxyl groups excluding tert-OH is 1. The number of rotatable bonds is 4. The van der Waals surface area contributed by atoms with Crippen molar-refractivity contribution in [2.45, 2.75) is 25.5 Å². The highest BCUT2D eigenvalue weighted by atomic mass is 79.9. The summed E-state index contributed by atoms with van der Waals surface area (Å²) in [5, 5.41) is 9.93. The fraction of sp³-hybridized carbons (Fsp3) is 0.455. The molecule has 1 aromatic carbocycles. The van der Waals surface area contributed by atoms with Crippen LogP contribution in [0.2, 0.25) is 0 Å². The first-order chi connectivity index (χ1) is 7.06. The van der Waals surface area contributed by atoms with Crippen LogP contribution in [-0.4, -0.2) is 17.7 Å². The summed E-state index contributed by atoms with van der Waals surface area (Å²) < 4.78 is 0.985. The van der Waals surface area contributed by atoms with E-state index < -0.39 is 6.10 Å². The van der Waals surface area contributed by atoms with Crippen LogP contribution < -0.4 is 11.5 Å². The fourth-order valence-corrected chi connectivity index (χ4v) is 1.79. The van der Waals surface area contributed by atoms with E-state index >= 15 is 0 Å². The number of aryl methyl sites for hydroxylation is 1. The second-order valence-corrected chi connectivity index (χ2v) is 4.55. The first-order valence-corrected chi connectivity index (χ1v) is 5.75. The minimum atomic E-state index is -0.648. The van der Waals surface area contributed by atoms with E-state index in [-0.39, 0.29) is 6.04 Å². The smallest absolute Gasteiger partial charge is 0.0941 e. The third-order valence-electron chi connectivity index (χ3n) is 2.44. The average molecular weight is 273 g/mol. The topological polar surface area (TPSA) is 72.3 Å². The molecule has 0 radical (unpaired) electrons. The Morgan fingerprint density at radius 1 is 1.47 bits per heavy atom. The highest BCUT2D eigenvalue weighted by Crippen LogP contribution is 2.23. The molecule has 0 aliphatic carbocycles. The summed E-state index contributed by atoms with van der Waals surface area (Å²) in [6.07, 6.45) is -0.0300. The number of hydrogen-bond acceptors (Lipinski definition) is 3. The second kappa shape index (κ2) is 5.61. The Kier molecular flexibility index (Phi) is 4.73. The molecule has 2 atom stereocenters. The maximum absolute atomic E-state index is 9.93. The van der Waals surface area contributed by atoms with E-state index in [9.17, 15) is 5.11 Å². The van der Waals surface area contributed by atoms with E-state index in [4.69, 9.17) is 11.5 Å².